The fourth-order valence-electron chi connectivity index (χ4n) is 4.38. The number of fused-ring (bicyclic) bond motifs is 3. The Hall–Kier alpha value is -2.20. The van der Waals surface area contributed by atoms with Crippen LogP contribution in [0.4, 0.5) is 5.69 Å². The van der Waals surface area contributed by atoms with Crippen molar-refractivity contribution in [1.29, 1.82) is 0 Å². The molecule has 2 aliphatic heterocycles. The van der Waals surface area contributed by atoms with Gasteiger partial charge in [-0.1, -0.05) is 37.3 Å². The van der Waals surface area contributed by atoms with E-state index in [2.05, 4.69) is 52.5 Å². The first-order valence-electron chi connectivity index (χ1n) is 8.25. The average molecular weight is 307 g/mol. The van der Waals surface area contributed by atoms with Crippen molar-refractivity contribution in [3.8, 4) is 0 Å². The van der Waals surface area contributed by atoms with Gasteiger partial charge in [-0.05, 0) is 31.2 Å². The lowest BCUT2D eigenvalue weighted by atomic mass is 9.81. The van der Waals surface area contributed by atoms with Crippen LogP contribution in [0, 0.1) is 0 Å². The Balaban J connectivity index is 1.87. The summed E-state index contributed by atoms with van der Waals surface area (Å²) in [5.74, 6) is 0.583. The van der Waals surface area contributed by atoms with Gasteiger partial charge in [-0.3, -0.25) is 14.7 Å². The number of ketones is 1. The number of pyridine rings is 1. The van der Waals surface area contributed by atoms with Gasteiger partial charge in [0.25, 0.3) is 0 Å². The molecule has 4 atom stereocenters. The summed E-state index contributed by atoms with van der Waals surface area (Å²) in [6, 6.07) is 14.4. The maximum absolute atomic E-state index is 12.5. The van der Waals surface area contributed by atoms with Gasteiger partial charge in [0.1, 0.15) is 5.78 Å². The van der Waals surface area contributed by atoms with Crippen molar-refractivity contribution in [3.63, 3.8) is 0 Å². The lowest BCUT2D eigenvalue weighted by Gasteiger charge is -2.28. The van der Waals surface area contributed by atoms with Crippen LogP contribution >= 0.6 is 0 Å². The molecule has 0 bridgehead atoms. The lowest BCUT2D eigenvalue weighted by molar-refractivity contribution is -0.121. The Morgan fingerprint density at radius 1 is 1.17 bits per heavy atom. The highest BCUT2D eigenvalue weighted by Crippen LogP contribution is 2.52. The number of carbonyl (C=O) groups is 1. The molecule has 1 saturated heterocycles. The van der Waals surface area contributed by atoms with Crippen molar-refractivity contribution in [2.24, 2.45) is 0 Å². The highest BCUT2D eigenvalue weighted by Gasteiger charge is 2.55. The van der Waals surface area contributed by atoms with Gasteiger partial charge in [-0.2, -0.15) is 0 Å². The van der Waals surface area contributed by atoms with Gasteiger partial charge in [0, 0.05) is 18.0 Å². The van der Waals surface area contributed by atoms with Crippen LogP contribution in [-0.2, 0) is 4.79 Å². The van der Waals surface area contributed by atoms with Crippen LogP contribution in [0.15, 0.2) is 48.7 Å². The minimum absolute atomic E-state index is 0.0972. The maximum Gasteiger partial charge on any atom is 0.147 e. The quantitative estimate of drug-likeness (QED) is 0.947. The van der Waals surface area contributed by atoms with E-state index in [1.807, 2.05) is 18.3 Å². The second-order valence-corrected chi connectivity index (χ2v) is 6.37. The topological polar surface area (TPSA) is 45.2 Å². The van der Waals surface area contributed by atoms with Crippen molar-refractivity contribution in [2.45, 2.75) is 37.9 Å². The highest BCUT2D eigenvalue weighted by molar-refractivity contribution is 5.84. The van der Waals surface area contributed by atoms with Crippen LogP contribution in [0.5, 0.6) is 0 Å². The fraction of sp³-hybridized carbons (Fsp3) is 0.368. The molecular weight excluding hydrogens is 286 g/mol. The zero-order valence-corrected chi connectivity index (χ0v) is 13.4. The first-order valence-corrected chi connectivity index (χ1v) is 8.25. The Morgan fingerprint density at radius 2 is 1.96 bits per heavy atom. The van der Waals surface area contributed by atoms with Gasteiger partial charge < -0.3 is 5.32 Å². The normalized spacial score (nSPS) is 29.0. The predicted molar refractivity (Wildman–Crippen MR) is 90.4 cm³/mol. The van der Waals surface area contributed by atoms with E-state index in [1.54, 1.807) is 6.92 Å². The van der Waals surface area contributed by atoms with Gasteiger partial charge >= 0.3 is 0 Å². The van der Waals surface area contributed by atoms with E-state index in [0.717, 1.165) is 17.9 Å². The number of nitrogens with one attached hydrogen (secondary N) is 1. The Morgan fingerprint density at radius 3 is 2.65 bits per heavy atom. The average Bonchev–Trinajstić information content (AvgIpc) is 3.09. The van der Waals surface area contributed by atoms with E-state index in [0.29, 0.717) is 0 Å². The van der Waals surface area contributed by atoms with Crippen molar-refractivity contribution in [2.75, 3.05) is 11.9 Å². The van der Waals surface area contributed by atoms with E-state index in [-0.39, 0.29) is 29.8 Å². The molecule has 4 rings (SSSR count). The Kier molecular flexibility index (Phi) is 3.42. The van der Waals surface area contributed by atoms with Gasteiger partial charge in [0.05, 0.1) is 23.6 Å². The predicted octanol–water partition coefficient (Wildman–Crippen LogP) is 2.99. The van der Waals surface area contributed by atoms with Crippen LogP contribution in [0.3, 0.4) is 0 Å². The van der Waals surface area contributed by atoms with Crippen molar-refractivity contribution in [3.05, 3.63) is 59.9 Å². The lowest BCUT2D eigenvalue weighted by Crippen LogP contribution is -2.43. The monoisotopic (exact) mass is 307 g/mol. The number of rotatable bonds is 3. The second-order valence-electron chi connectivity index (χ2n) is 6.37. The third-order valence-electron chi connectivity index (χ3n) is 5.21. The minimum Gasteiger partial charge on any atom is -0.367 e. The minimum atomic E-state index is -0.0972. The van der Waals surface area contributed by atoms with E-state index in [9.17, 15) is 4.79 Å². The Bertz CT molecular complexity index is 730. The second kappa shape index (κ2) is 5.46. The number of benzene rings is 1. The van der Waals surface area contributed by atoms with Gasteiger partial charge in [-0.15, -0.1) is 0 Å². The molecule has 2 aliphatic rings. The summed E-state index contributed by atoms with van der Waals surface area (Å²) < 4.78 is 0. The van der Waals surface area contributed by atoms with Crippen LogP contribution in [0.1, 0.15) is 36.9 Å². The van der Waals surface area contributed by atoms with Crippen LogP contribution < -0.4 is 5.32 Å². The molecule has 118 valence electrons. The molecule has 1 aromatic carbocycles. The van der Waals surface area contributed by atoms with E-state index in [4.69, 9.17) is 0 Å². The molecule has 2 aromatic rings. The number of Topliss-reactive ketones (excluding diaryl/α,β-unsaturated/α-hetero) is 1. The number of aromatic nitrogens is 1. The largest absolute Gasteiger partial charge is 0.367 e. The molecule has 1 aromatic heterocycles. The summed E-state index contributed by atoms with van der Waals surface area (Å²) in [4.78, 5) is 19.4. The number of carbonyl (C=O) groups excluding carboxylic acids is 1. The molecule has 23 heavy (non-hydrogen) atoms. The number of likely N-dealkylation sites (tertiary alicyclic amines) is 1. The van der Waals surface area contributed by atoms with Crippen molar-refractivity contribution < 1.29 is 4.79 Å². The van der Waals surface area contributed by atoms with Gasteiger partial charge in [-0.25, -0.2) is 0 Å². The van der Waals surface area contributed by atoms with Gasteiger partial charge in [0.15, 0.2) is 0 Å². The summed E-state index contributed by atoms with van der Waals surface area (Å²) in [5, 5.41) is 3.59. The zero-order valence-electron chi connectivity index (χ0n) is 13.4. The number of hydrogen-bond acceptors (Lipinski definition) is 4. The van der Waals surface area contributed by atoms with E-state index in [1.165, 1.54) is 5.56 Å². The number of likely N-dealkylation sites (N-methyl/N-ethyl adjacent to an activating group) is 1. The van der Waals surface area contributed by atoms with Gasteiger partial charge in [0.2, 0.25) is 0 Å². The van der Waals surface area contributed by atoms with E-state index < -0.39 is 0 Å². The summed E-state index contributed by atoms with van der Waals surface area (Å²) in [6.45, 7) is 4.68. The first-order chi connectivity index (χ1) is 11.2. The molecular formula is C19H21N3O. The zero-order chi connectivity index (χ0) is 16.0. The number of nitrogens with zero attached hydrogens (tertiary/aromatic N) is 2. The summed E-state index contributed by atoms with van der Waals surface area (Å²) in [7, 11) is 0. The van der Waals surface area contributed by atoms with Crippen LogP contribution in [0.25, 0.3) is 0 Å². The highest BCUT2D eigenvalue weighted by atomic mass is 16.1. The molecule has 0 amide bonds. The molecule has 4 unspecified atom stereocenters. The third kappa shape index (κ3) is 2.09. The molecule has 4 nitrogen and oxygen atoms in total. The molecule has 0 aliphatic carbocycles. The molecule has 4 heteroatoms. The number of anilines is 1. The van der Waals surface area contributed by atoms with E-state index >= 15 is 0 Å². The maximum atomic E-state index is 12.5. The Labute approximate surface area is 136 Å². The number of hydrogen-bond donors (Lipinski definition) is 1. The summed E-state index contributed by atoms with van der Waals surface area (Å²) >= 11 is 0. The standard InChI is InChI=1S/C19H21N3O/c1-3-22-18(12(2)23)15(13-8-5-4-6-9-13)16-17-14(21-19(16)22)10-7-11-20-17/h4-11,15-16,18-19,21H,3H2,1-2H3. The van der Waals surface area contributed by atoms with Crippen molar-refractivity contribution >= 4 is 11.5 Å². The fourth-order valence-corrected chi connectivity index (χ4v) is 4.38. The molecule has 0 spiro atoms. The SMILES string of the molecule is CCN1C2Nc3cccnc3C2C(c2ccccc2)C1C(C)=O. The smallest absolute Gasteiger partial charge is 0.147 e. The summed E-state index contributed by atoms with van der Waals surface area (Å²) in [6.07, 6.45) is 1.99. The van der Waals surface area contributed by atoms with Crippen molar-refractivity contribution in [1.82, 2.24) is 9.88 Å². The third-order valence-corrected chi connectivity index (χ3v) is 5.21. The molecule has 3 heterocycles. The first kappa shape index (κ1) is 14.4. The molecule has 1 N–H and O–H groups in total. The molecule has 0 saturated carbocycles. The van der Waals surface area contributed by atoms with Crippen LogP contribution in [0.2, 0.25) is 0 Å². The molecule has 1 fully saturated rings. The summed E-state index contributed by atoms with van der Waals surface area (Å²) in [5.41, 5.74) is 3.41. The van der Waals surface area contributed by atoms with Crippen LogP contribution in [-0.4, -0.2) is 34.4 Å². The molecule has 0 radical (unpaired) electrons.